The van der Waals surface area contributed by atoms with Gasteiger partial charge in [-0.15, -0.1) is 0 Å². The molecule has 0 fully saturated rings. The van der Waals surface area contributed by atoms with E-state index in [1.54, 1.807) is 0 Å². The van der Waals surface area contributed by atoms with Gasteiger partial charge in [-0.3, -0.25) is 10.1 Å². The number of non-ortho nitro benzene ring substituents is 1. The molecule has 0 heterocycles. The van der Waals surface area contributed by atoms with Gasteiger partial charge >= 0.3 is 0 Å². The molecule has 2 aromatic carbocycles. The second-order valence-electron chi connectivity index (χ2n) is 4.01. The molecule has 0 radical (unpaired) electrons. The minimum Gasteiger partial charge on any atom is -0.455 e. The maximum atomic E-state index is 10.7. The molecular formula is C13H8Cl3NO4. The van der Waals surface area contributed by atoms with E-state index in [9.17, 15) is 15.2 Å². The van der Waals surface area contributed by atoms with E-state index in [4.69, 9.17) is 39.5 Å². The summed E-state index contributed by atoms with van der Waals surface area (Å²) in [6.07, 6.45) is 0. The van der Waals surface area contributed by atoms with Crippen LogP contribution in [0.5, 0.6) is 11.5 Å². The first-order valence-corrected chi connectivity index (χ1v) is 6.76. The molecule has 0 spiro atoms. The van der Waals surface area contributed by atoms with Crippen molar-refractivity contribution in [1.29, 1.82) is 0 Å². The summed E-state index contributed by atoms with van der Waals surface area (Å²) in [5.41, 5.74) is 0.109. The number of aliphatic hydroxyl groups excluding tert-OH is 1. The predicted octanol–water partition coefficient (Wildman–Crippen LogP) is 4.84. The normalized spacial score (nSPS) is 10.5. The zero-order valence-corrected chi connectivity index (χ0v) is 12.6. The van der Waals surface area contributed by atoms with Gasteiger partial charge in [0.25, 0.3) is 5.69 Å². The van der Waals surface area contributed by atoms with Gasteiger partial charge in [-0.1, -0.05) is 34.8 Å². The first-order valence-electron chi connectivity index (χ1n) is 5.63. The van der Waals surface area contributed by atoms with Crippen LogP contribution >= 0.6 is 34.8 Å². The van der Waals surface area contributed by atoms with Crippen LogP contribution in [0.1, 0.15) is 5.56 Å². The van der Waals surface area contributed by atoms with Crippen molar-refractivity contribution in [3.63, 3.8) is 0 Å². The van der Waals surface area contributed by atoms with Crippen LogP contribution in [0.25, 0.3) is 0 Å². The molecule has 0 saturated heterocycles. The number of aliphatic hydroxyl groups is 1. The minimum atomic E-state index is -0.560. The standard InChI is InChI=1S/C13H8Cl3NO4/c14-9-4-11(16)13(5-10(9)15)21-12-2-1-8(17(19)20)3-7(12)6-18/h1-5,18H,6H2. The molecule has 0 aliphatic carbocycles. The third kappa shape index (κ3) is 3.57. The summed E-state index contributed by atoms with van der Waals surface area (Å²) in [5.74, 6) is 0.470. The molecule has 21 heavy (non-hydrogen) atoms. The molecule has 2 rings (SSSR count). The second-order valence-corrected chi connectivity index (χ2v) is 5.23. The molecule has 0 aliphatic rings. The van der Waals surface area contributed by atoms with Gasteiger partial charge in [-0.2, -0.15) is 0 Å². The Kier molecular flexibility index (Phi) is 4.90. The quantitative estimate of drug-likeness (QED) is 0.487. The van der Waals surface area contributed by atoms with E-state index in [-0.39, 0.29) is 37.8 Å². The molecular weight excluding hydrogens is 341 g/mol. The summed E-state index contributed by atoms with van der Waals surface area (Å²) in [6, 6.07) is 6.71. The van der Waals surface area contributed by atoms with Gasteiger partial charge in [0.15, 0.2) is 0 Å². The van der Waals surface area contributed by atoms with Crippen molar-refractivity contribution < 1.29 is 14.8 Å². The fraction of sp³-hybridized carbons (Fsp3) is 0.0769. The van der Waals surface area contributed by atoms with Crippen LogP contribution in [0, 0.1) is 10.1 Å². The average Bonchev–Trinajstić information content (AvgIpc) is 2.44. The Morgan fingerprint density at radius 2 is 1.71 bits per heavy atom. The Bertz CT molecular complexity index is 706. The number of hydrogen-bond acceptors (Lipinski definition) is 4. The molecule has 0 atom stereocenters. The summed E-state index contributed by atoms with van der Waals surface area (Å²) in [5, 5.41) is 20.8. The number of nitro benzene ring substituents is 1. The molecule has 5 nitrogen and oxygen atoms in total. The third-order valence-electron chi connectivity index (χ3n) is 2.62. The van der Waals surface area contributed by atoms with Crippen LogP contribution in [-0.4, -0.2) is 10.0 Å². The number of halogens is 3. The van der Waals surface area contributed by atoms with Gasteiger partial charge in [-0.25, -0.2) is 0 Å². The van der Waals surface area contributed by atoms with Gasteiger partial charge < -0.3 is 9.84 Å². The lowest BCUT2D eigenvalue weighted by atomic mass is 10.2. The highest BCUT2D eigenvalue weighted by molar-refractivity contribution is 6.43. The molecule has 0 aromatic heterocycles. The Hall–Kier alpha value is -1.53. The fourth-order valence-electron chi connectivity index (χ4n) is 1.60. The van der Waals surface area contributed by atoms with E-state index in [1.807, 2.05) is 0 Å². The van der Waals surface area contributed by atoms with Crippen LogP contribution in [-0.2, 0) is 6.61 Å². The average molecular weight is 349 g/mol. The van der Waals surface area contributed by atoms with Crippen molar-refractivity contribution in [3.8, 4) is 11.5 Å². The van der Waals surface area contributed by atoms with E-state index in [1.165, 1.54) is 30.3 Å². The Morgan fingerprint density at radius 3 is 2.33 bits per heavy atom. The van der Waals surface area contributed by atoms with Gasteiger partial charge in [-0.05, 0) is 12.1 Å². The molecule has 8 heteroatoms. The van der Waals surface area contributed by atoms with E-state index in [0.717, 1.165) is 0 Å². The highest BCUT2D eigenvalue weighted by Crippen LogP contribution is 2.37. The molecule has 0 aliphatic heterocycles. The summed E-state index contributed by atoms with van der Waals surface area (Å²) >= 11 is 17.7. The van der Waals surface area contributed by atoms with Crippen LogP contribution in [0.2, 0.25) is 15.1 Å². The highest BCUT2D eigenvalue weighted by Gasteiger charge is 2.14. The molecule has 2 aromatic rings. The largest absolute Gasteiger partial charge is 0.455 e. The number of rotatable bonds is 4. The lowest BCUT2D eigenvalue weighted by Crippen LogP contribution is -1.95. The predicted molar refractivity (Wildman–Crippen MR) is 80.6 cm³/mol. The van der Waals surface area contributed by atoms with Gasteiger partial charge in [0.05, 0.1) is 26.6 Å². The number of nitrogens with zero attached hydrogens (tertiary/aromatic N) is 1. The summed E-state index contributed by atoms with van der Waals surface area (Å²) in [7, 11) is 0. The topological polar surface area (TPSA) is 72.6 Å². The SMILES string of the molecule is O=[N+]([O-])c1ccc(Oc2cc(Cl)c(Cl)cc2Cl)c(CO)c1. The maximum absolute atomic E-state index is 10.7. The monoisotopic (exact) mass is 347 g/mol. The van der Waals surface area contributed by atoms with E-state index in [2.05, 4.69) is 0 Å². The van der Waals surface area contributed by atoms with Crippen molar-refractivity contribution in [1.82, 2.24) is 0 Å². The van der Waals surface area contributed by atoms with Crippen LogP contribution < -0.4 is 4.74 Å². The van der Waals surface area contributed by atoms with E-state index in [0.29, 0.717) is 0 Å². The fourth-order valence-corrected chi connectivity index (χ4v) is 2.18. The minimum absolute atomic E-state index is 0.147. The Morgan fingerprint density at radius 1 is 1.05 bits per heavy atom. The molecule has 0 bridgehead atoms. The third-order valence-corrected chi connectivity index (χ3v) is 3.64. The van der Waals surface area contributed by atoms with Crippen molar-refractivity contribution in [2.45, 2.75) is 6.61 Å². The van der Waals surface area contributed by atoms with Gasteiger partial charge in [0.2, 0.25) is 0 Å². The molecule has 0 saturated carbocycles. The highest BCUT2D eigenvalue weighted by atomic mass is 35.5. The second kappa shape index (κ2) is 6.49. The van der Waals surface area contributed by atoms with Gasteiger partial charge in [0.1, 0.15) is 11.5 Å². The summed E-state index contributed by atoms with van der Waals surface area (Å²) < 4.78 is 5.54. The van der Waals surface area contributed by atoms with Gasteiger partial charge in [0, 0.05) is 23.8 Å². The maximum Gasteiger partial charge on any atom is 0.270 e. The molecule has 0 unspecified atom stereocenters. The van der Waals surface area contributed by atoms with Crippen molar-refractivity contribution in [3.05, 3.63) is 61.1 Å². The van der Waals surface area contributed by atoms with Crippen LogP contribution in [0.15, 0.2) is 30.3 Å². The van der Waals surface area contributed by atoms with E-state index < -0.39 is 11.5 Å². The van der Waals surface area contributed by atoms with Crippen molar-refractivity contribution in [2.75, 3.05) is 0 Å². The van der Waals surface area contributed by atoms with Crippen molar-refractivity contribution in [2.24, 2.45) is 0 Å². The first-order chi connectivity index (χ1) is 9.92. The number of ether oxygens (including phenoxy) is 1. The molecule has 0 amide bonds. The number of hydrogen-bond donors (Lipinski definition) is 1. The number of benzene rings is 2. The van der Waals surface area contributed by atoms with Crippen molar-refractivity contribution >= 4 is 40.5 Å². The lowest BCUT2D eigenvalue weighted by Gasteiger charge is -2.11. The summed E-state index contributed by atoms with van der Waals surface area (Å²) in [6.45, 7) is -0.421. The zero-order chi connectivity index (χ0) is 15.6. The number of nitro groups is 1. The summed E-state index contributed by atoms with van der Waals surface area (Å²) in [4.78, 5) is 10.1. The Labute approximate surface area is 134 Å². The van der Waals surface area contributed by atoms with Crippen LogP contribution in [0.4, 0.5) is 5.69 Å². The first kappa shape index (κ1) is 15.9. The van der Waals surface area contributed by atoms with E-state index >= 15 is 0 Å². The zero-order valence-electron chi connectivity index (χ0n) is 10.3. The molecule has 1 N–H and O–H groups in total. The smallest absolute Gasteiger partial charge is 0.270 e. The van der Waals surface area contributed by atoms with Crippen LogP contribution in [0.3, 0.4) is 0 Å². The molecule has 110 valence electrons. The lowest BCUT2D eigenvalue weighted by molar-refractivity contribution is -0.385. The Balaban J connectivity index is 2.40.